The molecule has 2 N–H and O–H groups in total. The molecular weight excluding hydrogens is 362 g/mol. The number of rotatable bonds is 8. The van der Waals surface area contributed by atoms with Gasteiger partial charge in [-0.3, -0.25) is 0 Å². The minimum atomic E-state index is 0.479. The SMILES string of the molecule is c1ccc(CCNc2nncc(Nc3ccccc3Oc3ccccc3)n2)cc1. The average Bonchev–Trinajstić information content (AvgIpc) is 2.77. The van der Waals surface area contributed by atoms with Crippen molar-refractivity contribution in [3.63, 3.8) is 0 Å². The number of nitrogens with zero attached hydrogens (tertiary/aromatic N) is 3. The van der Waals surface area contributed by atoms with Gasteiger partial charge in [0.2, 0.25) is 5.95 Å². The summed E-state index contributed by atoms with van der Waals surface area (Å²) >= 11 is 0. The summed E-state index contributed by atoms with van der Waals surface area (Å²) in [7, 11) is 0. The Labute approximate surface area is 169 Å². The molecule has 3 aromatic carbocycles. The van der Waals surface area contributed by atoms with Crippen molar-refractivity contribution in [2.45, 2.75) is 6.42 Å². The van der Waals surface area contributed by atoms with Crippen LogP contribution in [0.4, 0.5) is 17.5 Å². The lowest BCUT2D eigenvalue weighted by molar-refractivity contribution is 0.485. The fourth-order valence-electron chi connectivity index (χ4n) is 2.81. The third-order valence-electron chi connectivity index (χ3n) is 4.22. The van der Waals surface area contributed by atoms with Gasteiger partial charge in [0.05, 0.1) is 11.9 Å². The van der Waals surface area contributed by atoms with Crippen molar-refractivity contribution in [1.82, 2.24) is 15.2 Å². The lowest BCUT2D eigenvalue weighted by atomic mass is 10.1. The minimum Gasteiger partial charge on any atom is -0.455 e. The van der Waals surface area contributed by atoms with Crippen LogP contribution in [0.5, 0.6) is 11.5 Å². The van der Waals surface area contributed by atoms with Crippen molar-refractivity contribution >= 4 is 17.5 Å². The molecule has 0 aliphatic carbocycles. The largest absolute Gasteiger partial charge is 0.455 e. The van der Waals surface area contributed by atoms with Gasteiger partial charge in [0, 0.05) is 6.54 Å². The molecule has 1 aromatic heterocycles. The Morgan fingerprint density at radius 3 is 2.34 bits per heavy atom. The predicted molar refractivity (Wildman–Crippen MR) is 115 cm³/mol. The van der Waals surface area contributed by atoms with E-state index in [1.165, 1.54) is 5.56 Å². The molecule has 0 aliphatic rings. The monoisotopic (exact) mass is 383 g/mol. The number of aromatic nitrogens is 3. The van der Waals surface area contributed by atoms with E-state index >= 15 is 0 Å². The first-order chi connectivity index (χ1) is 14.4. The Morgan fingerprint density at radius 1 is 0.793 bits per heavy atom. The van der Waals surface area contributed by atoms with E-state index in [9.17, 15) is 0 Å². The van der Waals surface area contributed by atoms with Gasteiger partial charge < -0.3 is 15.4 Å². The van der Waals surface area contributed by atoms with Crippen molar-refractivity contribution in [2.24, 2.45) is 0 Å². The van der Waals surface area contributed by atoms with Crippen LogP contribution in [0.3, 0.4) is 0 Å². The van der Waals surface area contributed by atoms with E-state index in [0.717, 1.165) is 24.4 Å². The topological polar surface area (TPSA) is 72.0 Å². The van der Waals surface area contributed by atoms with Crippen LogP contribution < -0.4 is 15.4 Å². The molecule has 4 rings (SSSR count). The number of anilines is 3. The Kier molecular flexibility index (Phi) is 5.93. The molecule has 0 unspecified atom stereocenters. The molecule has 0 atom stereocenters. The lowest BCUT2D eigenvalue weighted by Gasteiger charge is -2.12. The van der Waals surface area contributed by atoms with Crippen LogP contribution in [0.25, 0.3) is 0 Å². The van der Waals surface area contributed by atoms with Crippen LogP contribution in [0.2, 0.25) is 0 Å². The maximum atomic E-state index is 5.98. The number of hydrogen-bond acceptors (Lipinski definition) is 6. The first kappa shape index (κ1) is 18.4. The molecule has 144 valence electrons. The van der Waals surface area contributed by atoms with Crippen molar-refractivity contribution < 1.29 is 4.74 Å². The Bertz CT molecular complexity index is 1040. The molecule has 0 bridgehead atoms. The first-order valence-electron chi connectivity index (χ1n) is 9.43. The van der Waals surface area contributed by atoms with Crippen LogP contribution in [-0.4, -0.2) is 21.7 Å². The van der Waals surface area contributed by atoms with Gasteiger partial charge in [-0.25, -0.2) is 0 Å². The number of para-hydroxylation sites is 3. The number of ether oxygens (including phenoxy) is 1. The Hall–Kier alpha value is -3.93. The Balaban J connectivity index is 1.41. The second kappa shape index (κ2) is 9.32. The molecule has 0 amide bonds. The summed E-state index contributed by atoms with van der Waals surface area (Å²) in [5, 5.41) is 14.6. The highest BCUT2D eigenvalue weighted by Gasteiger charge is 2.07. The summed E-state index contributed by atoms with van der Waals surface area (Å²) < 4.78 is 5.98. The van der Waals surface area contributed by atoms with Gasteiger partial charge in [0.15, 0.2) is 11.6 Å². The van der Waals surface area contributed by atoms with Gasteiger partial charge in [-0.05, 0) is 36.2 Å². The van der Waals surface area contributed by atoms with E-state index in [-0.39, 0.29) is 0 Å². The molecule has 0 fully saturated rings. The third kappa shape index (κ3) is 5.29. The molecular formula is C23H21N5O. The number of benzene rings is 3. The summed E-state index contributed by atoms with van der Waals surface area (Å²) in [6.45, 7) is 0.725. The molecule has 0 saturated carbocycles. The highest BCUT2D eigenvalue weighted by molar-refractivity contribution is 5.64. The molecule has 6 heteroatoms. The second-order valence-corrected chi connectivity index (χ2v) is 6.36. The van der Waals surface area contributed by atoms with E-state index in [1.807, 2.05) is 72.8 Å². The van der Waals surface area contributed by atoms with Gasteiger partial charge in [-0.15, -0.1) is 5.10 Å². The van der Waals surface area contributed by atoms with Gasteiger partial charge in [-0.2, -0.15) is 10.1 Å². The van der Waals surface area contributed by atoms with Crippen molar-refractivity contribution in [3.05, 3.63) is 96.7 Å². The predicted octanol–water partition coefficient (Wildman–Crippen LogP) is 5.06. The molecule has 4 aromatic rings. The van der Waals surface area contributed by atoms with Gasteiger partial charge >= 0.3 is 0 Å². The normalized spacial score (nSPS) is 10.3. The Morgan fingerprint density at radius 2 is 1.52 bits per heavy atom. The number of hydrogen-bond donors (Lipinski definition) is 2. The third-order valence-corrected chi connectivity index (χ3v) is 4.22. The van der Waals surface area contributed by atoms with Crippen molar-refractivity contribution in [1.29, 1.82) is 0 Å². The van der Waals surface area contributed by atoms with Crippen molar-refractivity contribution in [2.75, 3.05) is 17.2 Å². The molecule has 0 saturated heterocycles. The minimum absolute atomic E-state index is 0.479. The van der Waals surface area contributed by atoms with E-state index in [1.54, 1.807) is 6.20 Å². The van der Waals surface area contributed by atoms with Crippen LogP contribution in [-0.2, 0) is 6.42 Å². The zero-order valence-electron chi connectivity index (χ0n) is 15.8. The quantitative estimate of drug-likeness (QED) is 0.443. The van der Waals surface area contributed by atoms with Crippen LogP contribution in [0, 0.1) is 0 Å². The fraction of sp³-hybridized carbons (Fsp3) is 0.0870. The molecule has 0 radical (unpaired) electrons. The van der Waals surface area contributed by atoms with Crippen LogP contribution >= 0.6 is 0 Å². The molecule has 0 spiro atoms. The highest BCUT2D eigenvalue weighted by atomic mass is 16.5. The van der Waals surface area contributed by atoms with E-state index < -0.39 is 0 Å². The summed E-state index contributed by atoms with van der Waals surface area (Å²) in [6.07, 6.45) is 2.47. The number of nitrogens with one attached hydrogen (secondary N) is 2. The molecule has 29 heavy (non-hydrogen) atoms. The van der Waals surface area contributed by atoms with E-state index in [2.05, 4.69) is 37.9 Å². The standard InChI is InChI=1S/C23H21N5O/c1-3-9-18(10-4-1)15-16-24-23-27-22(17-25-28-23)26-20-13-7-8-14-21(20)29-19-11-5-2-6-12-19/h1-14,17H,15-16H2,(H2,24,26,27,28). The maximum absolute atomic E-state index is 5.98. The van der Waals surface area contributed by atoms with Crippen LogP contribution in [0.1, 0.15) is 5.56 Å². The van der Waals surface area contributed by atoms with E-state index in [4.69, 9.17) is 4.74 Å². The van der Waals surface area contributed by atoms with Gasteiger partial charge in [-0.1, -0.05) is 60.7 Å². The van der Waals surface area contributed by atoms with E-state index in [0.29, 0.717) is 17.5 Å². The van der Waals surface area contributed by atoms with Crippen molar-refractivity contribution in [3.8, 4) is 11.5 Å². The lowest BCUT2D eigenvalue weighted by Crippen LogP contribution is -2.09. The molecule has 1 heterocycles. The zero-order valence-corrected chi connectivity index (χ0v) is 15.8. The smallest absolute Gasteiger partial charge is 0.244 e. The molecule has 6 nitrogen and oxygen atoms in total. The average molecular weight is 383 g/mol. The zero-order chi connectivity index (χ0) is 19.7. The van der Waals surface area contributed by atoms with Gasteiger partial charge in [0.25, 0.3) is 0 Å². The summed E-state index contributed by atoms with van der Waals surface area (Å²) in [5.41, 5.74) is 2.06. The fourth-order valence-corrected chi connectivity index (χ4v) is 2.81. The van der Waals surface area contributed by atoms with Gasteiger partial charge in [0.1, 0.15) is 5.75 Å². The summed E-state index contributed by atoms with van der Waals surface area (Å²) in [5.74, 6) is 2.54. The summed E-state index contributed by atoms with van der Waals surface area (Å²) in [6, 6.07) is 27.6. The second-order valence-electron chi connectivity index (χ2n) is 6.36. The highest BCUT2D eigenvalue weighted by Crippen LogP contribution is 2.30. The van der Waals surface area contributed by atoms with Crippen LogP contribution in [0.15, 0.2) is 91.1 Å². The molecule has 0 aliphatic heterocycles. The summed E-state index contributed by atoms with van der Waals surface area (Å²) in [4.78, 5) is 4.50. The first-order valence-corrected chi connectivity index (χ1v) is 9.43. The maximum Gasteiger partial charge on any atom is 0.244 e.